The van der Waals surface area contributed by atoms with Gasteiger partial charge in [-0.05, 0) is 23.8 Å². The Morgan fingerprint density at radius 1 is 1.17 bits per heavy atom. The van der Waals surface area contributed by atoms with E-state index in [1.807, 2.05) is 36.5 Å². The van der Waals surface area contributed by atoms with Crippen LogP contribution < -0.4 is 11.1 Å². The summed E-state index contributed by atoms with van der Waals surface area (Å²) in [5.41, 5.74) is 8.33. The number of pyridine rings is 1. The van der Waals surface area contributed by atoms with E-state index in [0.29, 0.717) is 5.56 Å². The number of carbonyl (C=O) groups is 1. The Morgan fingerprint density at radius 2 is 1.90 bits per heavy atom. The van der Waals surface area contributed by atoms with Crippen LogP contribution in [0.15, 0.2) is 42.6 Å². The lowest BCUT2D eigenvalue weighted by Gasteiger charge is -2.36. The van der Waals surface area contributed by atoms with Gasteiger partial charge in [-0.15, -0.1) is 0 Å². The lowest BCUT2D eigenvalue weighted by atomic mass is 9.87. The highest BCUT2D eigenvalue weighted by atomic mass is 16.5. The summed E-state index contributed by atoms with van der Waals surface area (Å²) in [5.74, 6) is 0.762. The highest BCUT2D eigenvalue weighted by Gasteiger charge is 2.35. The number of fused-ring (bicyclic) bond motifs is 1. The van der Waals surface area contributed by atoms with E-state index in [9.17, 15) is 4.79 Å². The number of amides is 1. The van der Waals surface area contributed by atoms with Gasteiger partial charge in [0.05, 0.1) is 12.6 Å². The molecule has 2 aromatic rings. The minimum atomic E-state index is -0.397. The summed E-state index contributed by atoms with van der Waals surface area (Å²) < 4.78 is 5.20. The van der Waals surface area contributed by atoms with Gasteiger partial charge in [0.1, 0.15) is 5.82 Å². The molecular weight excluding hydrogens is 366 g/mol. The van der Waals surface area contributed by atoms with E-state index in [2.05, 4.69) is 26.2 Å². The quantitative estimate of drug-likeness (QED) is 0.737. The Morgan fingerprint density at radius 3 is 2.59 bits per heavy atom. The first-order valence-electron chi connectivity index (χ1n) is 10.2. The molecule has 2 unspecified atom stereocenters. The second-order valence-corrected chi connectivity index (χ2v) is 7.79. The molecule has 7 heteroatoms. The summed E-state index contributed by atoms with van der Waals surface area (Å²) >= 11 is 0. The van der Waals surface area contributed by atoms with Crippen molar-refractivity contribution in [3.63, 3.8) is 0 Å². The molecular formula is C22H29N5O2. The van der Waals surface area contributed by atoms with Crippen molar-refractivity contribution in [1.82, 2.24) is 14.8 Å². The van der Waals surface area contributed by atoms with Crippen molar-refractivity contribution >= 4 is 11.7 Å². The summed E-state index contributed by atoms with van der Waals surface area (Å²) in [6.45, 7) is 6.98. The minimum absolute atomic E-state index is 0.201. The van der Waals surface area contributed by atoms with Crippen LogP contribution >= 0.6 is 0 Å². The molecule has 1 saturated heterocycles. The smallest absolute Gasteiger partial charge is 0.248 e. The maximum Gasteiger partial charge on any atom is 0.248 e. The molecule has 2 atom stereocenters. The number of rotatable bonds is 7. The summed E-state index contributed by atoms with van der Waals surface area (Å²) in [6, 6.07) is 12.0. The molecule has 3 N–H and O–H groups in total. The van der Waals surface area contributed by atoms with Crippen LogP contribution in [-0.2, 0) is 4.74 Å². The average molecular weight is 396 g/mol. The van der Waals surface area contributed by atoms with Gasteiger partial charge < -0.3 is 15.8 Å². The van der Waals surface area contributed by atoms with E-state index in [1.54, 1.807) is 7.11 Å². The predicted octanol–water partition coefficient (Wildman–Crippen LogP) is 1.37. The first-order valence-corrected chi connectivity index (χ1v) is 10.2. The molecule has 7 nitrogen and oxygen atoms in total. The van der Waals surface area contributed by atoms with Crippen molar-refractivity contribution in [3.8, 4) is 0 Å². The topological polar surface area (TPSA) is 83.7 Å². The Hall–Kier alpha value is -2.48. The molecule has 29 heavy (non-hydrogen) atoms. The summed E-state index contributed by atoms with van der Waals surface area (Å²) in [4.78, 5) is 21.0. The molecule has 0 spiro atoms. The zero-order chi connectivity index (χ0) is 20.2. The van der Waals surface area contributed by atoms with Gasteiger partial charge in [-0.1, -0.05) is 18.2 Å². The van der Waals surface area contributed by atoms with E-state index < -0.39 is 5.91 Å². The largest absolute Gasteiger partial charge is 0.383 e. The van der Waals surface area contributed by atoms with Gasteiger partial charge in [0.15, 0.2) is 0 Å². The summed E-state index contributed by atoms with van der Waals surface area (Å²) in [6.07, 6.45) is 1.83. The molecule has 4 rings (SSSR count). The van der Waals surface area contributed by atoms with Crippen LogP contribution in [0, 0.1) is 0 Å². The number of aromatic nitrogens is 1. The van der Waals surface area contributed by atoms with Gasteiger partial charge in [-0.25, -0.2) is 4.98 Å². The number of carbonyl (C=O) groups excluding carboxylic acids is 1. The minimum Gasteiger partial charge on any atom is -0.383 e. The van der Waals surface area contributed by atoms with E-state index in [0.717, 1.165) is 51.7 Å². The first kappa shape index (κ1) is 19.8. The lowest BCUT2D eigenvalue weighted by Crippen LogP contribution is -2.50. The summed E-state index contributed by atoms with van der Waals surface area (Å²) in [7, 11) is 1.75. The van der Waals surface area contributed by atoms with Crippen molar-refractivity contribution in [2.24, 2.45) is 5.73 Å². The molecule has 0 bridgehead atoms. The van der Waals surface area contributed by atoms with Crippen LogP contribution in [0.4, 0.5) is 5.82 Å². The molecule has 2 aliphatic heterocycles. The van der Waals surface area contributed by atoms with E-state index in [-0.39, 0.29) is 12.0 Å². The van der Waals surface area contributed by atoms with E-state index >= 15 is 0 Å². The van der Waals surface area contributed by atoms with Gasteiger partial charge >= 0.3 is 0 Å². The van der Waals surface area contributed by atoms with Crippen LogP contribution in [0.2, 0.25) is 0 Å². The number of anilines is 1. The number of ether oxygens (including phenoxy) is 1. The van der Waals surface area contributed by atoms with Crippen molar-refractivity contribution in [2.45, 2.75) is 12.0 Å². The molecule has 154 valence electrons. The first-order chi connectivity index (χ1) is 14.2. The Bertz CT molecular complexity index is 833. The van der Waals surface area contributed by atoms with Crippen LogP contribution in [-0.4, -0.2) is 79.7 Å². The number of methoxy groups -OCH3 is 1. The van der Waals surface area contributed by atoms with Crippen LogP contribution in [0.25, 0.3) is 0 Å². The third kappa shape index (κ3) is 4.42. The molecule has 3 heterocycles. The standard InChI is InChI=1S/C22H29N5O2/c1-29-14-13-26-9-11-27(12-10-26)15-19-20(18-3-2-8-24-22(18)25-19)16-4-6-17(7-5-16)21(23)28/h2-8,19-20H,9-15H2,1H3,(H2,23,28)(H,24,25). The number of primary amides is 1. The number of nitrogens with two attached hydrogens (primary N) is 1. The molecule has 0 aliphatic carbocycles. The molecule has 1 aromatic heterocycles. The predicted molar refractivity (Wildman–Crippen MR) is 113 cm³/mol. The van der Waals surface area contributed by atoms with E-state index in [4.69, 9.17) is 10.5 Å². The third-order valence-electron chi connectivity index (χ3n) is 5.98. The van der Waals surface area contributed by atoms with Crippen molar-refractivity contribution in [2.75, 3.05) is 58.3 Å². The number of benzene rings is 1. The fourth-order valence-electron chi connectivity index (χ4n) is 4.38. The van der Waals surface area contributed by atoms with Crippen molar-refractivity contribution in [1.29, 1.82) is 0 Å². The number of piperazine rings is 1. The number of hydrogen-bond acceptors (Lipinski definition) is 6. The second-order valence-electron chi connectivity index (χ2n) is 7.79. The average Bonchev–Trinajstić information content (AvgIpc) is 3.11. The molecule has 0 radical (unpaired) electrons. The van der Waals surface area contributed by atoms with Crippen molar-refractivity contribution in [3.05, 3.63) is 59.3 Å². The molecule has 2 aliphatic rings. The van der Waals surface area contributed by atoms with Gasteiger partial charge in [-0.3, -0.25) is 14.6 Å². The van der Waals surface area contributed by atoms with Crippen LogP contribution in [0.3, 0.4) is 0 Å². The highest BCUT2D eigenvalue weighted by Crippen LogP contribution is 2.39. The molecule has 1 fully saturated rings. The van der Waals surface area contributed by atoms with E-state index in [1.165, 1.54) is 11.1 Å². The van der Waals surface area contributed by atoms with Gasteiger partial charge in [-0.2, -0.15) is 0 Å². The number of nitrogens with one attached hydrogen (secondary N) is 1. The van der Waals surface area contributed by atoms with Crippen LogP contribution in [0.1, 0.15) is 27.4 Å². The maximum absolute atomic E-state index is 11.4. The third-order valence-corrected chi connectivity index (χ3v) is 5.98. The molecule has 0 saturated carbocycles. The monoisotopic (exact) mass is 395 g/mol. The van der Waals surface area contributed by atoms with Gasteiger partial charge in [0, 0.05) is 69.6 Å². The molecule has 1 aromatic carbocycles. The second kappa shape index (κ2) is 8.90. The SMILES string of the molecule is COCCN1CCN(CC2Nc3ncccc3C2c2ccc(C(N)=O)cc2)CC1. The zero-order valence-electron chi connectivity index (χ0n) is 16.9. The zero-order valence-corrected chi connectivity index (χ0v) is 16.9. The Balaban J connectivity index is 1.48. The lowest BCUT2D eigenvalue weighted by molar-refractivity contribution is 0.0947. The van der Waals surface area contributed by atoms with Crippen molar-refractivity contribution < 1.29 is 9.53 Å². The summed E-state index contributed by atoms with van der Waals surface area (Å²) in [5, 5.41) is 3.64. The number of nitrogens with zero attached hydrogens (tertiary/aromatic N) is 3. The van der Waals surface area contributed by atoms with Gasteiger partial charge in [0.2, 0.25) is 5.91 Å². The Kier molecular flexibility index (Phi) is 6.08. The Labute approximate surface area is 171 Å². The maximum atomic E-state index is 11.4. The number of hydrogen-bond donors (Lipinski definition) is 2. The molecule has 1 amide bonds. The fraction of sp³-hybridized carbons (Fsp3) is 0.455. The fourth-order valence-corrected chi connectivity index (χ4v) is 4.38. The highest BCUT2D eigenvalue weighted by molar-refractivity contribution is 5.92. The van der Waals surface area contributed by atoms with Crippen LogP contribution in [0.5, 0.6) is 0 Å². The van der Waals surface area contributed by atoms with Gasteiger partial charge in [0.25, 0.3) is 0 Å². The normalized spacial score (nSPS) is 22.2.